The van der Waals surface area contributed by atoms with Gasteiger partial charge in [0.2, 0.25) is 5.91 Å². The summed E-state index contributed by atoms with van der Waals surface area (Å²) in [6, 6.07) is 13.4. The summed E-state index contributed by atoms with van der Waals surface area (Å²) in [6.45, 7) is 0. The van der Waals surface area contributed by atoms with Crippen molar-refractivity contribution < 1.29 is 19.1 Å². The predicted molar refractivity (Wildman–Crippen MR) is 91.1 cm³/mol. The number of nitrogens with one attached hydrogen (secondary N) is 1. The third kappa shape index (κ3) is 5.68. The second-order valence-electron chi connectivity index (χ2n) is 5.29. The maximum absolute atomic E-state index is 13.4. The quantitative estimate of drug-likeness (QED) is 0.758. The lowest BCUT2D eigenvalue weighted by Gasteiger charge is -2.04. The van der Waals surface area contributed by atoms with Crippen molar-refractivity contribution in [3.63, 3.8) is 0 Å². The monoisotopic (exact) mass is 327 g/mol. The van der Waals surface area contributed by atoms with Crippen LogP contribution in [0.3, 0.4) is 0 Å². The minimum atomic E-state index is -0.805. The molecule has 2 aromatic rings. The Morgan fingerprint density at radius 3 is 2.46 bits per heavy atom. The second kappa shape index (κ2) is 8.62. The summed E-state index contributed by atoms with van der Waals surface area (Å²) in [5.74, 6) is -1.54. The molecule has 0 saturated carbocycles. The third-order valence-corrected chi connectivity index (χ3v) is 3.40. The first-order valence-corrected chi connectivity index (χ1v) is 7.59. The van der Waals surface area contributed by atoms with E-state index in [9.17, 15) is 14.0 Å². The van der Waals surface area contributed by atoms with Gasteiger partial charge in [-0.1, -0.05) is 30.3 Å². The lowest BCUT2D eigenvalue weighted by Crippen LogP contribution is -2.07. The van der Waals surface area contributed by atoms with Crippen molar-refractivity contribution in [3.8, 4) is 0 Å². The zero-order valence-corrected chi connectivity index (χ0v) is 13.0. The Hall–Kier alpha value is -2.95. The van der Waals surface area contributed by atoms with Gasteiger partial charge in [-0.25, -0.2) is 4.39 Å². The predicted octanol–water partition coefficient (Wildman–Crippen LogP) is 3.88. The number of aryl methyl sites for hydroxylation is 1. The fourth-order valence-corrected chi connectivity index (χ4v) is 2.16. The highest BCUT2D eigenvalue weighted by atomic mass is 19.1. The maximum Gasteiger partial charge on any atom is 0.303 e. The third-order valence-electron chi connectivity index (χ3n) is 3.40. The standard InChI is InChI=1S/C19H18FNO3/c20-17-6-2-1-5-15(17)10-13-18(22)21-16-11-8-14(9-12-16)4-3-7-19(23)24/h1-2,5-6,8-13H,3-4,7H2,(H,21,22)(H,23,24). The minimum Gasteiger partial charge on any atom is -0.481 e. The van der Waals surface area contributed by atoms with E-state index in [2.05, 4.69) is 5.32 Å². The summed E-state index contributed by atoms with van der Waals surface area (Å²) >= 11 is 0. The van der Waals surface area contributed by atoms with E-state index in [0.29, 0.717) is 24.1 Å². The summed E-state index contributed by atoms with van der Waals surface area (Å²) in [4.78, 5) is 22.3. The average molecular weight is 327 g/mol. The molecule has 0 radical (unpaired) electrons. The van der Waals surface area contributed by atoms with E-state index in [4.69, 9.17) is 5.11 Å². The molecule has 0 fully saturated rings. The van der Waals surface area contributed by atoms with Crippen LogP contribution in [0.25, 0.3) is 6.08 Å². The summed E-state index contributed by atoms with van der Waals surface area (Å²) < 4.78 is 13.4. The molecule has 0 aromatic heterocycles. The molecular weight excluding hydrogens is 309 g/mol. The number of carboxylic acid groups (broad SMARTS) is 1. The SMILES string of the molecule is O=C(O)CCCc1ccc(NC(=O)C=Cc2ccccc2F)cc1. The number of rotatable bonds is 7. The van der Waals surface area contributed by atoms with Crippen LogP contribution in [0, 0.1) is 5.82 Å². The molecule has 0 unspecified atom stereocenters. The van der Waals surface area contributed by atoms with Crippen LogP contribution in [0.4, 0.5) is 10.1 Å². The number of hydrogen-bond acceptors (Lipinski definition) is 2. The lowest BCUT2D eigenvalue weighted by molar-refractivity contribution is -0.137. The van der Waals surface area contributed by atoms with Crippen LogP contribution in [0.15, 0.2) is 54.6 Å². The Morgan fingerprint density at radius 2 is 1.79 bits per heavy atom. The molecule has 5 heteroatoms. The number of carboxylic acids is 1. The Morgan fingerprint density at radius 1 is 1.08 bits per heavy atom. The van der Waals surface area contributed by atoms with E-state index >= 15 is 0 Å². The Bertz CT molecular complexity index is 739. The molecule has 0 aliphatic heterocycles. The van der Waals surface area contributed by atoms with Crippen molar-refractivity contribution in [1.82, 2.24) is 0 Å². The first kappa shape index (κ1) is 17.4. The normalized spacial score (nSPS) is 10.7. The van der Waals surface area contributed by atoms with Crippen molar-refractivity contribution in [1.29, 1.82) is 0 Å². The molecule has 2 aromatic carbocycles. The number of halogens is 1. The highest BCUT2D eigenvalue weighted by Gasteiger charge is 2.02. The lowest BCUT2D eigenvalue weighted by atomic mass is 10.1. The number of hydrogen-bond donors (Lipinski definition) is 2. The fraction of sp³-hybridized carbons (Fsp3) is 0.158. The van der Waals surface area contributed by atoms with E-state index < -0.39 is 5.97 Å². The molecule has 0 bridgehead atoms. The van der Waals surface area contributed by atoms with Crippen molar-refractivity contribution >= 4 is 23.6 Å². The summed E-state index contributed by atoms with van der Waals surface area (Å²) in [5, 5.41) is 11.3. The van der Waals surface area contributed by atoms with E-state index in [1.807, 2.05) is 12.1 Å². The molecule has 124 valence electrons. The molecular formula is C19H18FNO3. The smallest absolute Gasteiger partial charge is 0.303 e. The van der Waals surface area contributed by atoms with Crippen LogP contribution >= 0.6 is 0 Å². The molecule has 1 amide bonds. The summed E-state index contributed by atoms with van der Waals surface area (Å²) in [7, 11) is 0. The van der Waals surface area contributed by atoms with Crippen LogP contribution in [0.1, 0.15) is 24.0 Å². The molecule has 0 saturated heterocycles. The average Bonchev–Trinajstić information content (AvgIpc) is 2.55. The number of benzene rings is 2. The van der Waals surface area contributed by atoms with Crippen LogP contribution in [-0.4, -0.2) is 17.0 Å². The Labute approximate surface area is 139 Å². The number of carbonyl (C=O) groups excluding carboxylic acids is 1. The van der Waals surface area contributed by atoms with Crippen LogP contribution in [-0.2, 0) is 16.0 Å². The first-order chi connectivity index (χ1) is 11.5. The number of aliphatic carboxylic acids is 1. The minimum absolute atomic E-state index is 0.138. The molecule has 0 aliphatic carbocycles. The number of anilines is 1. The van der Waals surface area contributed by atoms with E-state index in [1.165, 1.54) is 18.2 Å². The van der Waals surface area contributed by atoms with Gasteiger partial charge < -0.3 is 10.4 Å². The van der Waals surface area contributed by atoms with Crippen LogP contribution < -0.4 is 5.32 Å². The maximum atomic E-state index is 13.4. The van der Waals surface area contributed by atoms with E-state index in [-0.39, 0.29) is 18.1 Å². The Balaban J connectivity index is 1.88. The van der Waals surface area contributed by atoms with Gasteiger partial charge >= 0.3 is 5.97 Å². The largest absolute Gasteiger partial charge is 0.481 e. The van der Waals surface area contributed by atoms with Crippen molar-refractivity contribution in [2.75, 3.05) is 5.32 Å². The summed E-state index contributed by atoms with van der Waals surface area (Å²) in [5.41, 5.74) is 1.98. The number of carbonyl (C=O) groups is 2. The van der Waals surface area contributed by atoms with Crippen LogP contribution in [0.5, 0.6) is 0 Å². The molecule has 2 N–H and O–H groups in total. The molecule has 4 nitrogen and oxygen atoms in total. The van der Waals surface area contributed by atoms with Gasteiger partial charge in [0.25, 0.3) is 0 Å². The summed E-state index contributed by atoms with van der Waals surface area (Å²) in [6.07, 6.45) is 4.09. The van der Waals surface area contributed by atoms with Gasteiger partial charge in [0, 0.05) is 23.7 Å². The molecule has 0 heterocycles. The van der Waals surface area contributed by atoms with Gasteiger partial charge in [0.1, 0.15) is 5.82 Å². The zero-order valence-electron chi connectivity index (χ0n) is 13.0. The van der Waals surface area contributed by atoms with Crippen LogP contribution in [0.2, 0.25) is 0 Å². The molecule has 24 heavy (non-hydrogen) atoms. The highest BCUT2D eigenvalue weighted by molar-refractivity contribution is 6.01. The highest BCUT2D eigenvalue weighted by Crippen LogP contribution is 2.13. The molecule has 2 rings (SSSR count). The van der Waals surface area contributed by atoms with Gasteiger partial charge in [0.15, 0.2) is 0 Å². The van der Waals surface area contributed by atoms with E-state index in [0.717, 1.165) is 5.56 Å². The molecule has 0 aliphatic rings. The topological polar surface area (TPSA) is 66.4 Å². The van der Waals surface area contributed by atoms with Gasteiger partial charge in [0.05, 0.1) is 0 Å². The van der Waals surface area contributed by atoms with Gasteiger partial charge in [-0.15, -0.1) is 0 Å². The molecule has 0 atom stereocenters. The van der Waals surface area contributed by atoms with E-state index in [1.54, 1.807) is 30.3 Å². The zero-order chi connectivity index (χ0) is 17.4. The fourth-order valence-electron chi connectivity index (χ4n) is 2.16. The number of amides is 1. The van der Waals surface area contributed by atoms with Crippen molar-refractivity contribution in [2.24, 2.45) is 0 Å². The van der Waals surface area contributed by atoms with Crippen molar-refractivity contribution in [2.45, 2.75) is 19.3 Å². The first-order valence-electron chi connectivity index (χ1n) is 7.59. The Kier molecular flexibility index (Phi) is 6.25. The van der Waals surface area contributed by atoms with Gasteiger partial charge in [-0.3, -0.25) is 9.59 Å². The van der Waals surface area contributed by atoms with Gasteiger partial charge in [-0.05, 0) is 42.7 Å². The molecule has 0 spiro atoms. The van der Waals surface area contributed by atoms with Gasteiger partial charge in [-0.2, -0.15) is 0 Å². The second-order valence-corrected chi connectivity index (χ2v) is 5.29. The van der Waals surface area contributed by atoms with Crippen molar-refractivity contribution in [3.05, 3.63) is 71.6 Å².